The first-order valence-electron chi connectivity index (χ1n) is 6.64. The summed E-state index contributed by atoms with van der Waals surface area (Å²) in [5.74, 6) is 0.311. The Bertz CT molecular complexity index is 534. The van der Waals surface area contributed by atoms with Gasteiger partial charge in [0.05, 0.1) is 0 Å². The number of ketones is 1. The van der Waals surface area contributed by atoms with Crippen LogP contribution in [0.5, 0.6) is 0 Å². The number of hydrogen-bond donors (Lipinski definition) is 1. The molecule has 2 nitrogen and oxygen atoms in total. The van der Waals surface area contributed by atoms with Gasteiger partial charge in [0.1, 0.15) is 5.78 Å². The Morgan fingerprint density at radius 3 is 2.16 bits per heavy atom. The lowest BCUT2D eigenvalue weighted by molar-refractivity contribution is -0.119. The summed E-state index contributed by atoms with van der Waals surface area (Å²) in [6.45, 7) is 0. The monoisotopic (exact) mass is 253 g/mol. The van der Waals surface area contributed by atoms with Crippen LogP contribution < -0.4 is 5.73 Å². The van der Waals surface area contributed by atoms with Gasteiger partial charge >= 0.3 is 0 Å². The molecule has 0 atom stereocenters. The summed E-state index contributed by atoms with van der Waals surface area (Å²) < 4.78 is 0. The Balaban J connectivity index is 1.76. The Kier molecular flexibility index (Phi) is 4.73. The normalized spacial score (nSPS) is 10.3. The fourth-order valence-corrected chi connectivity index (χ4v) is 2.09. The third-order valence-electron chi connectivity index (χ3n) is 3.18. The lowest BCUT2D eigenvalue weighted by Gasteiger charge is -2.03. The molecule has 2 aromatic carbocycles. The number of Topliss-reactive ketones (excluding diaryl/α,β-unsaturated/α-hetero) is 1. The van der Waals surface area contributed by atoms with Gasteiger partial charge in [-0.1, -0.05) is 42.5 Å². The van der Waals surface area contributed by atoms with E-state index in [1.54, 1.807) is 0 Å². The van der Waals surface area contributed by atoms with Gasteiger partial charge in [0.15, 0.2) is 0 Å². The fraction of sp³-hybridized carbons (Fsp3) is 0.235. The number of benzene rings is 2. The van der Waals surface area contributed by atoms with Crippen LogP contribution in [0.2, 0.25) is 0 Å². The first kappa shape index (κ1) is 13.3. The van der Waals surface area contributed by atoms with Crippen LogP contribution in [-0.2, 0) is 17.6 Å². The van der Waals surface area contributed by atoms with Crippen molar-refractivity contribution in [3.05, 3.63) is 65.7 Å². The molecule has 2 heteroatoms. The van der Waals surface area contributed by atoms with E-state index in [1.165, 1.54) is 5.56 Å². The number of nitrogen functional groups attached to an aromatic ring is 1. The molecule has 0 unspecified atom stereocenters. The summed E-state index contributed by atoms with van der Waals surface area (Å²) in [5, 5.41) is 0. The average molecular weight is 253 g/mol. The number of rotatable bonds is 6. The highest BCUT2D eigenvalue weighted by atomic mass is 16.1. The van der Waals surface area contributed by atoms with Crippen LogP contribution in [-0.4, -0.2) is 5.78 Å². The van der Waals surface area contributed by atoms with Crippen molar-refractivity contribution in [2.45, 2.75) is 25.7 Å². The van der Waals surface area contributed by atoms with Crippen LogP contribution in [0.4, 0.5) is 5.69 Å². The molecule has 0 saturated heterocycles. The van der Waals surface area contributed by atoms with Crippen molar-refractivity contribution < 1.29 is 4.79 Å². The fourth-order valence-electron chi connectivity index (χ4n) is 2.09. The second kappa shape index (κ2) is 6.74. The number of carbonyl (C=O) groups excluding carboxylic acids is 1. The van der Waals surface area contributed by atoms with Gasteiger partial charge in [-0.2, -0.15) is 0 Å². The van der Waals surface area contributed by atoms with Gasteiger partial charge in [-0.05, 0) is 36.1 Å². The lowest BCUT2D eigenvalue weighted by Crippen LogP contribution is -2.02. The van der Waals surface area contributed by atoms with Crippen molar-refractivity contribution in [2.75, 3.05) is 5.73 Å². The average Bonchev–Trinajstić information content (AvgIpc) is 2.44. The molecule has 0 aromatic heterocycles. The molecular formula is C17H19NO. The quantitative estimate of drug-likeness (QED) is 0.802. The van der Waals surface area contributed by atoms with Crippen molar-refractivity contribution in [3.8, 4) is 0 Å². The number of aryl methyl sites for hydroxylation is 2. The summed E-state index contributed by atoms with van der Waals surface area (Å²) in [7, 11) is 0. The summed E-state index contributed by atoms with van der Waals surface area (Å²) in [6.07, 6.45) is 2.82. The standard InChI is InChI=1S/C17H19NO/c18-16-8-4-7-15(13-16)10-12-17(19)11-9-14-5-2-1-3-6-14/h1-8,13H,9-12,18H2. The van der Waals surface area contributed by atoms with Crippen LogP contribution >= 0.6 is 0 Å². The Labute approximate surface area is 114 Å². The Hall–Kier alpha value is -2.09. The van der Waals surface area contributed by atoms with E-state index in [-0.39, 0.29) is 0 Å². The highest BCUT2D eigenvalue weighted by Crippen LogP contribution is 2.10. The molecule has 0 fully saturated rings. The highest BCUT2D eigenvalue weighted by Gasteiger charge is 2.03. The van der Waals surface area contributed by atoms with Gasteiger partial charge in [-0.25, -0.2) is 0 Å². The van der Waals surface area contributed by atoms with Gasteiger partial charge in [0, 0.05) is 18.5 Å². The van der Waals surface area contributed by atoms with Gasteiger partial charge in [0.25, 0.3) is 0 Å². The smallest absolute Gasteiger partial charge is 0.133 e. The zero-order valence-electron chi connectivity index (χ0n) is 11.0. The molecule has 0 saturated carbocycles. The molecule has 0 amide bonds. The topological polar surface area (TPSA) is 43.1 Å². The minimum Gasteiger partial charge on any atom is -0.399 e. The van der Waals surface area contributed by atoms with Crippen molar-refractivity contribution in [1.29, 1.82) is 0 Å². The van der Waals surface area contributed by atoms with Crippen molar-refractivity contribution >= 4 is 11.5 Å². The minimum atomic E-state index is 0.311. The molecule has 19 heavy (non-hydrogen) atoms. The first-order valence-corrected chi connectivity index (χ1v) is 6.64. The van der Waals surface area contributed by atoms with Crippen LogP contribution in [0.3, 0.4) is 0 Å². The maximum atomic E-state index is 11.8. The van der Waals surface area contributed by atoms with Crippen molar-refractivity contribution in [1.82, 2.24) is 0 Å². The van der Waals surface area contributed by atoms with Crippen LogP contribution in [0, 0.1) is 0 Å². The molecule has 0 aliphatic rings. The molecule has 2 aromatic rings. The van der Waals surface area contributed by atoms with E-state index in [0.29, 0.717) is 18.6 Å². The summed E-state index contributed by atoms with van der Waals surface area (Å²) in [5.41, 5.74) is 8.83. The van der Waals surface area contributed by atoms with Gasteiger partial charge in [-0.15, -0.1) is 0 Å². The predicted octanol–water partition coefficient (Wildman–Crippen LogP) is 3.40. The zero-order chi connectivity index (χ0) is 13.5. The van der Waals surface area contributed by atoms with E-state index in [9.17, 15) is 4.79 Å². The summed E-state index contributed by atoms with van der Waals surface area (Å²) in [4.78, 5) is 11.8. The number of anilines is 1. The van der Waals surface area contributed by atoms with E-state index in [0.717, 1.165) is 24.1 Å². The number of hydrogen-bond acceptors (Lipinski definition) is 2. The van der Waals surface area contributed by atoms with E-state index >= 15 is 0 Å². The molecule has 2 rings (SSSR count). The summed E-state index contributed by atoms with van der Waals surface area (Å²) >= 11 is 0. The molecule has 0 aliphatic heterocycles. The molecule has 2 N–H and O–H groups in total. The van der Waals surface area contributed by atoms with Crippen molar-refractivity contribution in [3.63, 3.8) is 0 Å². The highest BCUT2D eigenvalue weighted by molar-refractivity contribution is 5.78. The largest absolute Gasteiger partial charge is 0.399 e. The molecule has 0 aliphatic carbocycles. The third-order valence-corrected chi connectivity index (χ3v) is 3.18. The van der Waals surface area contributed by atoms with Gasteiger partial charge in [0.2, 0.25) is 0 Å². The van der Waals surface area contributed by atoms with Crippen LogP contribution in [0.1, 0.15) is 24.0 Å². The Morgan fingerprint density at radius 2 is 1.47 bits per heavy atom. The molecule has 0 spiro atoms. The third kappa shape index (κ3) is 4.59. The lowest BCUT2D eigenvalue weighted by atomic mass is 10.0. The molecule has 0 bridgehead atoms. The number of carbonyl (C=O) groups is 1. The predicted molar refractivity (Wildman–Crippen MR) is 78.9 cm³/mol. The molecule has 0 heterocycles. The Morgan fingerprint density at radius 1 is 0.842 bits per heavy atom. The molecule has 0 radical (unpaired) electrons. The maximum absolute atomic E-state index is 11.8. The van der Waals surface area contributed by atoms with E-state index in [4.69, 9.17) is 5.73 Å². The second-order valence-corrected chi connectivity index (χ2v) is 4.77. The number of nitrogens with two attached hydrogens (primary N) is 1. The van der Waals surface area contributed by atoms with E-state index < -0.39 is 0 Å². The first-order chi connectivity index (χ1) is 9.24. The van der Waals surface area contributed by atoms with Crippen molar-refractivity contribution in [2.24, 2.45) is 0 Å². The van der Waals surface area contributed by atoms with Crippen LogP contribution in [0.15, 0.2) is 54.6 Å². The van der Waals surface area contributed by atoms with Gasteiger partial charge < -0.3 is 5.73 Å². The second-order valence-electron chi connectivity index (χ2n) is 4.77. The molecular weight excluding hydrogens is 234 g/mol. The molecule has 98 valence electrons. The zero-order valence-corrected chi connectivity index (χ0v) is 11.0. The SMILES string of the molecule is Nc1cccc(CCC(=O)CCc2ccccc2)c1. The van der Waals surface area contributed by atoms with E-state index in [2.05, 4.69) is 12.1 Å². The van der Waals surface area contributed by atoms with Gasteiger partial charge in [-0.3, -0.25) is 4.79 Å². The van der Waals surface area contributed by atoms with E-state index in [1.807, 2.05) is 42.5 Å². The maximum Gasteiger partial charge on any atom is 0.133 e. The van der Waals surface area contributed by atoms with Crippen LogP contribution in [0.25, 0.3) is 0 Å². The summed E-state index contributed by atoms with van der Waals surface area (Å²) in [6, 6.07) is 17.9. The minimum absolute atomic E-state index is 0.311.